The molecule has 0 bridgehead atoms. The molecule has 0 spiro atoms. The third-order valence-electron chi connectivity index (χ3n) is 5.08. The van der Waals surface area contributed by atoms with Crippen LogP contribution in [0.15, 0.2) is 0 Å². The summed E-state index contributed by atoms with van der Waals surface area (Å²) >= 11 is 0. The second-order valence-electron chi connectivity index (χ2n) is 7.03. The average molecular weight is 225 g/mol. The van der Waals surface area contributed by atoms with Gasteiger partial charge in [-0.15, -0.1) is 0 Å². The second kappa shape index (κ2) is 2.82. The second-order valence-corrected chi connectivity index (χ2v) is 7.03. The molecule has 2 saturated heterocycles. The lowest BCUT2D eigenvalue weighted by Crippen LogP contribution is -2.53. The summed E-state index contributed by atoms with van der Waals surface area (Å²) in [4.78, 5) is 2.24. The third kappa shape index (κ3) is 1.09. The van der Waals surface area contributed by atoms with Crippen LogP contribution in [0.25, 0.3) is 0 Å². The number of piperidine rings is 1. The molecule has 6 atom stereocenters. The molecule has 3 aliphatic rings. The lowest BCUT2D eigenvalue weighted by molar-refractivity contribution is -0.131. The molecule has 0 aromatic rings. The first-order valence-electron chi connectivity index (χ1n) is 6.39. The van der Waals surface area contributed by atoms with Crippen molar-refractivity contribution in [3.05, 3.63) is 0 Å². The molecule has 0 radical (unpaired) electrons. The fourth-order valence-corrected chi connectivity index (χ4v) is 4.08. The highest BCUT2D eigenvalue weighted by Gasteiger charge is 2.74. The number of hydrogen-bond acceptors (Lipinski definition) is 3. The Bertz CT molecular complexity index is 324. The van der Waals surface area contributed by atoms with Crippen molar-refractivity contribution in [3.8, 4) is 0 Å². The summed E-state index contributed by atoms with van der Waals surface area (Å²) in [5.74, 6) is 1.60. The monoisotopic (exact) mass is 225 g/mol. The fourth-order valence-electron chi connectivity index (χ4n) is 4.08. The Balaban J connectivity index is 1.93. The number of hydrogen-bond donors (Lipinski definition) is 1. The molecular weight excluding hydrogens is 202 g/mol. The van der Waals surface area contributed by atoms with Crippen molar-refractivity contribution in [2.75, 3.05) is 6.61 Å². The van der Waals surface area contributed by atoms with Crippen molar-refractivity contribution < 1.29 is 9.84 Å². The molecule has 16 heavy (non-hydrogen) atoms. The number of nitrogens with zero attached hydrogens (tertiary/aromatic N) is 1. The van der Waals surface area contributed by atoms with E-state index >= 15 is 0 Å². The van der Waals surface area contributed by atoms with Gasteiger partial charge >= 0.3 is 0 Å². The van der Waals surface area contributed by atoms with Crippen LogP contribution < -0.4 is 0 Å². The molecule has 0 amide bonds. The van der Waals surface area contributed by atoms with E-state index in [9.17, 15) is 5.11 Å². The molecule has 1 unspecified atom stereocenters. The standard InChI is InChI=1S/C13H23NO2/c1-7-9-10(7)13(5)14(11(9)15)8(6-16-13)12(2,3)4/h7-11,15H,6H2,1-5H3/t7-,8-,9+,10-,11?,13-/m1/s1. The summed E-state index contributed by atoms with van der Waals surface area (Å²) in [6, 6.07) is 0.340. The quantitative estimate of drug-likeness (QED) is 0.680. The van der Waals surface area contributed by atoms with Gasteiger partial charge < -0.3 is 9.84 Å². The molecule has 92 valence electrons. The largest absolute Gasteiger partial charge is 0.378 e. The maximum Gasteiger partial charge on any atom is 0.124 e. The van der Waals surface area contributed by atoms with Crippen LogP contribution >= 0.6 is 0 Å². The Morgan fingerprint density at radius 3 is 2.56 bits per heavy atom. The van der Waals surface area contributed by atoms with E-state index in [1.165, 1.54) is 0 Å². The van der Waals surface area contributed by atoms with Crippen LogP contribution in [0, 0.1) is 23.2 Å². The van der Waals surface area contributed by atoms with E-state index in [-0.39, 0.29) is 17.4 Å². The summed E-state index contributed by atoms with van der Waals surface area (Å²) in [5, 5.41) is 10.4. The molecule has 2 aliphatic heterocycles. The van der Waals surface area contributed by atoms with Crippen molar-refractivity contribution in [1.82, 2.24) is 4.90 Å². The van der Waals surface area contributed by atoms with Crippen LogP contribution in [-0.2, 0) is 4.74 Å². The van der Waals surface area contributed by atoms with Crippen molar-refractivity contribution in [2.24, 2.45) is 23.2 Å². The van der Waals surface area contributed by atoms with E-state index in [1.807, 2.05) is 0 Å². The van der Waals surface area contributed by atoms with Crippen LogP contribution in [0.4, 0.5) is 0 Å². The van der Waals surface area contributed by atoms with E-state index in [2.05, 4.69) is 39.5 Å². The Morgan fingerprint density at radius 1 is 1.38 bits per heavy atom. The van der Waals surface area contributed by atoms with Gasteiger partial charge in [0, 0.05) is 17.9 Å². The smallest absolute Gasteiger partial charge is 0.124 e. The van der Waals surface area contributed by atoms with Crippen LogP contribution in [0.1, 0.15) is 34.6 Å². The van der Waals surface area contributed by atoms with E-state index in [0.717, 1.165) is 6.61 Å². The van der Waals surface area contributed by atoms with E-state index in [0.29, 0.717) is 23.8 Å². The van der Waals surface area contributed by atoms with Gasteiger partial charge in [-0.25, -0.2) is 4.90 Å². The van der Waals surface area contributed by atoms with Crippen LogP contribution in [0.3, 0.4) is 0 Å². The first kappa shape index (κ1) is 11.0. The van der Waals surface area contributed by atoms with Gasteiger partial charge in [0.1, 0.15) is 12.0 Å². The van der Waals surface area contributed by atoms with Gasteiger partial charge in [-0.05, 0) is 18.3 Å². The van der Waals surface area contributed by atoms with E-state index in [4.69, 9.17) is 4.74 Å². The number of aliphatic hydroxyl groups is 1. The Labute approximate surface area is 97.8 Å². The SMILES string of the molecule is C[C@@H]1[C@@H]2C(O)N3[C@@H](C(C)(C)C)CO[C@]3(C)[C@H]12. The molecule has 0 aromatic heterocycles. The number of ether oxygens (including phenoxy) is 1. The van der Waals surface area contributed by atoms with Crippen molar-refractivity contribution in [2.45, 2.75) is 52.6 Å². The molecule has 1 aliphatic carbocycles. The van der Waals surface area contributed by atoms with Crippen molar-refractivity contribution >= 4 is 0 Å². The van der Waals surface area contributed by atoms with E-state index < -0.39 is 0 Å². The Kier molecular flexibility index (Phi) is 1.94. The molecule has 3 fully saturated rings. The Morgan fingerprint density at radius 2 is 2.00 bits per heavy atom. The summed E-state index contributed by atoms with van der Waals surface area (Å²) in [5.41, 5.74) is -0.0415. The summed E-state index contributed by atoms with van der Waals surface area (Å²) in [7, 11) is 0. The fraction of sp³-hybridized carbons (Fsp3) is 1.00. The highest BCUT2D eigenvalue weighted by Crippen LogP contribution is 2.66. The molecule has 1 saturated carbocycles. The highest BCUT2D eigenvalue weighted by atomic mass is 16.5. The van der Waals surface area contributed by atoms with Gasteiger partial charge in [0.05, 0.1) is 6.61 Å². The van der Waals surface area contributed by atoms with Crippen molar-refractivity contribution in [1.29, 1.82) is 0 Å². The van der Waals surface area contributed by atoms with E-state index in [1.54, 1.807) is 0 Å². The molecule has 1 N–H and O–H groups in total. The van der Waals surface area contributed by atoms with Gasteiger partial charge in [0.25, 0.3) is 0 Å². The zero-order valence-corrected chi connectivity index (χ0v) is 10.9. The Hall–Kier alpha value is -0.120. The normalized spacial score (nSPS) is 56.2. The molecular formula is C13H23NO2. The molecule has 3 heteroatoms. The number of aliphatic hydroxyl groups excluding tert-OH is 1. The topological polar surface area (TPSA) is 32.7 Å². The van der Waals surface area contributed by atoms with Gasteiger partial charge in [0.2, 0.25) is 0 Å². The maximum atomic E-state index is 10.4. The minimum absolute atomic E-state index is 0.165. The lowest BCUT2D eigenvalue weighted by atomic mass is 9.86. The molecule has 3 nitrogen and oxygen atoms in total. The zero-order chi connectivity index (χ0) is 11.9. The summed E-state index contributed by atoms with van der Waals surface area (Å²) < 4.78 is 6.06. The lowest BCUT2D eigenvalue weighted by Gasteiger charge is -2.40. The van der Waals surface area contributed by atoms with Crippen LogP contribution in [0.5, 0.6) is 0 Å². The molecule has 2 heterocycles. The minimum Gasteiger partial charge on any atom is -0.378 e. The summed E-state index contributed by atoms with van der Waals surface area (Å²) in [6.45, 7) is 11.8. The predicted octanol–water partition coefficient (Wildman–Crippen LogP) is 1.66. The van der Waals surface area contributed by atoms with Crippen LogP contribution in [0.2, 0.25) is 0 Å². The van der Waals surface area contributed by atoms with Gasteiger partial charge in [-0.1, -0.05) is 27.7 Å². The zero-order valence-electron chi connectivity index (χ0n) is 10.9. The third-order valence-corrected chi connectivity index (χ3v) is 5.08. The average Bonchev–Trinajstić information content (AvgIpc) is 2.56. The maximum absolute atomic E-state index is 10.4. The van der Waals surface area contributed by atoms with Crippen LogP contribution in [-0.4, -0.2) is 34.6 Å². The molecule has 0 aromatic carbocycles. The van der Waals surface area contributed by atoms with Crippen molar-refractivity contribution in [3.63, 3.8) is 0 Å². The predicted molar refractivity (Wildman–Crippen MR) is 61.6 cm³/mol. The first-order valence-corrected chi connectivity index (χ1v) is 6.39. The molecule has 3 rings (SSSR count). The minimum atomic E-state index is -0.295. The number of rotatable bonds is 0. The van der Waals surface area contributed by atoms with Gasteiger partial charge in [0.15, 0.2) is 0 Å². The highest BCUT2D eigenvalue weighted by molar-refractivity contribution is 5.18. The van der Waals surface area contributed by atoms with Gasteiger partial charge in [-0.3, -0.25) is 0 Å². The first-order chi connectivity index (χ1) is 7.28. The van der Waals surface area contributed by atoms with Gasteiger partial charge in [-0.2, -0.15) is 0 Å². The summed E-state index contributed by atoms with van der Waals surface area (Å²) in [6.07, 6.45) is -0.295. The number of fused-ring (bicyclic) bond motifs is 3.